The average Bonchev–Trinajstić information content (AvgIpc) is 3.05. The highest BCUT2D eigenvalue weighted by Crippen LogP contribution is 2.27. The molecule has 124 valence electrons. The minimum atomic E-state index is -1.07. The van der Waals surface area contributed by atoms with Gasteiger partial charge in [-0.05, 0) is 46.5 Å². The molecule has 7 nitrogen and oxygen atoms in total. The molecule has 0 radical (unpaired) electrons. The lowest BCUT2D eigenvalue weighted by molar-refractivity contribution is -0.127. The number of nitrogens with zero attached hydrogens (tertiary/aromatic N) is 2. The molecule has 2 heterocycles. The van der Waals surface area contributed by atoms with Gasteiger partial charge in [-0.1, -0.05) is 0 Å². The van der Waals surface area contributed by atoms with Crippen LogP contribution in [0.1, 0.15) is 46.5 Å². The van der Waals surface area contributed by atoms with Crippen molar-refractivity contribution in [1.82, 2.24) is 9.80 Å². The highest BCUT2D eigenvalue weighted by molar-refractivity contribution is 5.94. The summed E-state index contributed by atoms with van der Waals surface area (Å²) in [7, 11) is 0. The first-order valence-electron chi connectivity index (χ1n) is 7.73. The molecule has 2 unspecified atom stereocenters. The van der Waals surface area contributed by atoms with Gasteiger partial charge in [0, 0.05) is 13.1 Å². The molecule has 2 fully saturated rings. The zero-order valence-electron chi connectivity index (χ0n) is 13.4. The van der Waals surface area contributed by atoms with Gasteiger partial charge in [-0.15, -0.1) is 0 Å². The van der Waals surface area contributed by atoms with Gasteiger partial charge in [0.1, 0.15) is 5.60 Å². The third kappa shape index (κ3) is 3.51. The number of likely N-dealkylation sites (tertiary alicyclic amines) is 2. The normalized spacial score (nSPS) is 25.4. The van der Waals surface area contributed by atoms with Crippen molar-refractivity contribution in [1.29, 1.82) is 0 Å². The van der Waals surface area contributed by atoms with Gasteiger partial charge >= 0.3 is 12.2 Å². The van der Waals surface area contributed by atoms with Gasteiger partial charge in [-0.2, -0.15) is 0 Å². The molecule has 0 aromatic heterocycles. The van der Waals surface area contributed by atoms with E-state index in [9.17, 15) is 19.5 Å². The van der Waals surface area contributed by atoms with Gasteiger partial charge in [0.2, 0.25) is 0 Å². The molecule has 2 rings (SSSR count). The predicted molar refractivity (Wildman–Crippen MR) is 78.7 cm³/mol. The second-order valence-electron chi connectivity index (χ2n) is 6.87. The Morgan fingerprint density at radius 2 is 1.50 bits per heavy atom. The van der Waals surface area contributed by atoms with Crippen LogP contribution in [0.3, 0.4) is 0 Å². The van der Waals surface area contributed by atoms with Crippen molar-refractivity contribution in [2.45, 2.75) is 64.1 Å². The minimum absolute atomic E-state index is 0.178. The molecule has 1 N–H and O–H groups in total. The standard InChI is InChI=1S/C15H24N2O5/c1-15(2,3)22-14(21)17-9-5-7-11(17)12(18)10-6-4-8-16(10)13(19)20/h10-11H,4-9H2,1-3H3,(H,19,20). The number of carboxylic acid groups (broad SMARTS) is 1. The van der Waals surface area contributed by atoms with Crippen LogP contribution in [0, 0.1) is 0 Å². The number of ether oxygens (including phenoxy) is 1. The average molecular weight is 312 g/mol. The lowest BCUT2D eigenvalue weighted by atomic mass is 10.0. The van der Waals surface area contributed by atoms with E-state index in [1.807, 2.05) is 0 Å². The summed E-state index contributed by atoms with van der Waals surface area (Å²) in [6.07, 6.45) is 0.948. The number of carbonyl (C=O) groups is 3. The molecule has 0 spiro atoms. The maximum atomic E-state index is 12.7. The number of rotatable bonds is 2. The molecule has 0 bridgehead atoms. The molecule has 22 heavy (non-hydrogen) atoms. The first kappa shape index (κ1) is 16.6. The lowest BCUT2D eigenvalue weighted by Crippen LogP contribution is -2.50. The van der Waals surface area contributed by atoms with Gasteiger partial charge < -0.3 is 9.84 Å². The molecule has 2 aliphatic heterocycles. The van der Waals surface area contributed by atoms with Crippen molar-refractivity contribution >= 4 is 18.0 Å². The van der Waals surface area contributed by atoms with Gasteiger partial charge in [-0.3, -0.25) is 14.6 Å². The fourth-order valence-electron chi connectivity index (χ4n) is 3.12. The largest absolute Gasteiger partial charge is 0.465 e. The lowest BCUT2D eigenvalue weighted by Gasteiger charge is -2.30. The maximum absolute atomic E-state index is 12.7. The second-order valence-corrected chi connectivity index (χ2v) is 6.87. The SMILES string of the molecule is CC(C)(C)OC(=O)N1CCCC1C(=O)C1CCCN1C(=O)O. The Morgan fingerprint density at radius 1 is 1.00 bits per heavy atom. The van der Waals surface area contributed by atoms with E-state index in [-0.39, 0.29) is 5.78 Å². The first-order valence-corrected chi connectivity index (χ1v) is 7.73. The Kier molecular flexibility index (Phi) is 4.63. The summed E-state index contributed by atoms with van der Waals surface area (Å²) in [6.45, 7) is 6.19. The van der Waals surface area contributed by atoms with E-state index >= 15 is 0 Å². The number of hydrogen-bond acceptors (Lipinski definition) is 4. The van der Waals surface area contributed by atoms with Crippen LogP contribution >= 0.6 is 0 Å². The quantitative estimate of drug-likeness (QED) is 0.843. The van der Waals surface area contributed by atoms with Crippen molar-refractivity contribution < 1.29 is 24.2 Å². The Morgan fingerprint density at radius 3 is 2.00 bits per heavy atom. The zero-order chi connectivity index (χ0) is 16.5. The van der Waals surface area contributed by atoms with Crippen LogP contribution in [0.25, 0.3) is 0 Å². The van der Waals surface area contributed by atoms with E-state index in [1.165, 1.54) is 9.80 Å². The van der Waals surface area contributed by atoms with Crippen LogP contribution in [-0.4, -0.2) is 63.7 Å². The summed E-state index contributed by atoms with van der Waals surface area (Å²) in [4.78, 5) is 38.8. The van der Waals surface area contributed by atoms with E-state index in [2.05, 4.69) is 0 Å². The topological polar surface area (TPSA) is 87.2 Å². The van der Waals surface area contributed by atoms with E-state index < -0.39 is 29.9 Å². The van der Waals surface area contributed by atoms with Crippen LogP contribution < -0.4 is 0 Å². The maximum Gasteiger partial charge on any atom is 0.410 e. The molecule has 2 amide bonds. The van der Waals surface area contributed by atoms with Crippen molar-refractivity contribution in [2.75, 3.05) is 13.1 Å². The molecule has 0 aliphatic carbocycles. The van der Waals surface area contributed by atoms with E-state index in [1.54, 1.807) is 20.8 Å². The number of carbonyl (C=O) groups excluding carboxylic acids is 2. The molecule has 0 aromatic carbocycles. The summed E-state index contributed by atoms with van der Waals surface area (Å²) in [5, 5.41) is 9.17. The molecular weight excluding hydrogens is 288 g/mol. The highest BCUT2D eigenvalue weighted by Gasteiger charge is 2.43. The fraction of sp³-hybridized carbons (Fsp3) is 0.800. The van der Waals surface area contributed by atoms with Crippen LogP contribution in [0.4, 0.5) is 9.59 Å². The summed E-state index contributed by atoms with van der Waals surface area (Å²) in [6, 6.07) is -1.20. The second kappa shape index (κ2) is 6.14. The van der Waals surface area contributed by atoms with Gasteiger partial charge in [-0.25, -0.2) is 9.59 Å². The Bertz CT molecular complexity index is 471. The molecular formula is C15H24N2O5. The van der Waals surface area contributed by atoms with Gasteiger partial charge in [0.05, 0.1) is 12.1 Å². The molecule has 2 saturated heterocycles. The predicted octanol–water partition coefficient (Wildman–Crippen LogP) is 2.10. The number of ketones is 1. The van der Waals surface area contributed by atoms with Crippen molar-refractivity contribution in [3.05, 3.63) is 0 Å². The first-order chi connectivity index (χ1) is 10.2. The summed E-state index contributed by atoms with van der Waals surface area (Å²) < 4.78 is 5.34. The molecule has 0 aromatic rings. The summed E-state index contributed by atoms with van der Waals surface area (Å²) >= 11 is 0. The zero-order valence-corrected chi connectivity index (χ0v) is 13.4. The van der Waals surface area contributed by atoms with E-state index in [0.717, 1.165) is 6.42 Å². The summed E-state index contributed by atoms with van der Waals surface area (Å²) in [5.41, 5.74) is -0.617. The van der Waals surface area contributed by atoms with Crippen LogP contribution in [-0.2, 0) is 9.53 Å². The number of Topliss-reactive ketones (excluding diaryl/α,β-unsaturated/α-hetero) is 1. The van der Waals surface area contributed by atoms with Crippen molar-refractivity contribution in [3.63, 3.8) is 0 Å². The summed E-state index contributed by atoms with van der Waals surface area (Å²) in [5.74, 6) is -0.178. The molecule has 0 saturated carbocycles. The minimum Gasteiger partial charge on any atom is -0.465 e. The van der Waals surface area contributed by atoms with Crippen LogP contribution in [0.2, 0.25) is 0 Å². The Hall–Kier alpha value is -1.79. The highest BCUT2D eigenvalue weighted by atomic mass is 16.6. The third-order valence-electron chi connectivity index (χ3n) is 4.04. The Balaban J connectivity index is 2.08. The molecule has 2 aliphatic rings. The number of amides is 2. The van der Waals surface area contributed by atoms with Crippen molar-refractivity contribution in [3.8, 4) is 0 Å². The molecule has 7 heteroatoms. The van der Waals surface area contributed by atoms with E-state index in [0.29, 0.717) is 32.4 Å². The monoisotopic (exact) mass is 312 g/mol. The third-order valence-corrected chi connectivity index (χ3v) is 4.04. The number of hydrogen-bond donors (Lipinski definition) is 1. The smallest absolute Gasteiger partial charge is 0.410 e. The van der Waals surface area contributed by atoms with E-state index in [4.69, 9.17) is 4.74 Å². The van der Waals surface area contributed by atoms with Crippen LogP contribution in [0.5, 0.6) is 0 Å². The van der Waals surface area contributed by atoms with Crippen molar-refractivity contribution in [2.24, 2.45) is 0 Å². The fourth-order valence-corrected chi connectivity index (χ4v) is 3.12. The van der Waals surface area contributed by atoms with Crippen LogP contribution in [0.15, 0.2) is 0 Å². The molecule has 2 atom stereocenters. The Labute approximate surface area is 130 Å². The van der Waals surface area contributed by atoms with Gasteiger partial charge in [0.15, 0.2) is 5.78 Å². The van der Waals surface area contributed by atoms with Gasteiger partial charge in [0.25, 0.3) is 0 Å².